The van der Waals surface area contributed by atoms with Crippen LogP contribution in [0, 0.1) is 15.9 Å². The van der Waals surface area contributed by atoms with Gasteiger partial charge in [-0.05, 0) is 18.2 Å². The highest BCUT2D eigenvalue weighted by atomic mass is 35.5. The van der Waals surface area contributed by atoms with Gasteiger partial charge in [0, 0.05) is 18.2 Å². The van der Waals surface area contributed by atoms with Crippen molar-refractivity contribution in [1.29, 1.82) is 0 Å². The summed E-state index contributed by atoms with van der Waals surface area (Å²) < 4.78 is 22.9. The van der Waals surface area contributed by atoms with Crippen molar-refractivity contribution < 1.29 is 23.6 Å². The van der Waals surface area contributed by atoms with Crippen LogP contribution in [0.5, 0.6) is 11.5 Å². The first kappa shape index (κ1) is 15.7. The summed E-state index contributed by atoms with van der Waals surface area (Å²) in [6.07, 6.45) is 0. The Morgan fingerprint density at radius 1 is 1.27 bits per heavy atom. The van der Waals surface area contributed by atoms with Gasteiger partial charge in [0.05, 0.1) is 9.95 Å². The van der Waals surface area contributed by atoms with Crippen LogP contribution in [0.4, 0.5) is 10.1 Å². The third kappa shape index (κ3) is 4.16. The number of benzene rings is 2. The van der Waals surface area contributed by atoms with Crippen molar-refractivity contribution in [2.24, 2.45) is 0 Å². The summed E-state index contributed by atoms with van der Waals surface area (Å²) in [5, 5.41) is 10.5. The fourth-order valence-electron chi connectivity index (χ4n) is 1.54. The van der Waals surface area contributed by atoms with E-state index in [0.29, 0.717) is 0 Å². The molecule has 0 bridgehead atoms. The number of nitrogens with zero attached hydrogens (tertiary/aromatic N) is 1. The van der Waals surface area contributed by atoms with Crippen molar-refractivity contribution in [1.82, 2.24) is 0 Å². The summed E-state index contributed by atoms with van der Waals surface area (Å²) in [6.45, 7) is -0.462. The lowest BCUT2D eigenvalue weighted by molar-refractivity contribution is -0.384. The minimum Gasteiger partial charge on any atom is -0.482 e. The van der Waals surface area contributed by atoms with Crippen molar-refractivity contribution >= 4 is 23.3 Å². The summed E-state index contributed by atoms with van der Waals surface area (Å²) in [6, 6.07) is 8.70. The highest BCUT2D eigenvalue weighted by Gasteiger charge is 2.13. The molecule has 6 nitrogen and oxygen atoms in total. The molecule has 0 unspecified atom stereocenters. The number of carbonyl (C=O) groups is 1. The number of nitro groups is 1. The molecule has 0 saturated heterocycles. The van der Waals surface area contributed by atoms with Crippen LogP contribution in [0.3, 0.4) is 0 Å². The summed E-state index contributed by atoms with van der Waals surface area (Å²) in [7, 11) is 0. The number of halogens is 2. The van der Waals surface area contributed by atoms with E-state index in [4.69, 9.17) is 21.1 Å². The zero-order chi connectivity index (χ0) is 16.1. The average molecular weight is 326 g/mol. The van der Waals surface area contributed by atoms with Crippen LogP contribution in [-0.4, -0.2) is 17.5 Å². The van der Waals surface area contributed by atoms with E-state index in [1.807, 2.05) is 0 Å². The molecule has 0 atom stereocenters. The van der Waals surface area contributed by atoms with Crippen molar-refractivity contribution in [3.05, 3.63) is 63.4 Å². The predicted molar refractivity (Wildman–Crippen MR) is 75.6 cm³/mol. The second-order valence-electron chi connectivity index (χ2n) is 4.09. The second kappa shape index (κ2) is 6.86. The van der Waals surface area contributed by atoms with Crippen LogP contribution in [0.25, 0.3) is 0 Å². The third-order valence-corrected chi connectivity index (χ3v) is 2.80. The lowest BCUT2D eigenvalue weighted by atomic mass is 10.3. The monoisotopic (exact) mass is 325 g/mol. The number of carbonyl (C=O) groups excluding carboxylic acids is 1. The predicted octanol–water partition coefficient (Wildman–Crippen LogP) is 3.37. The zero-order valence-electron chi connectivity index (χ0n) is 11.0. The molecule has 0 radical (unpaired) electrons. The lowest BCUT2D eigenvalue weighted by Gasteiger charge is -2.07. The maximum absolute atomic E-state index is 12.9. The van der Waals surface area contributed by atoms with E-state index in [0.717, 1.165) is 18.2 Å². The Morgan fingerprint density at radius 3 is 2.68 bits per heavy atom. The number of hydrogen-bond acceptors (Lipinski definition) is 5. The Hall–Kier alpha value is -2.67. The van der Waals surface area contributed by atoms with Gasteiger partial charge in [-0.3, -0.25) is 10.1 Å². The van der Waals surface area contributed by atoms with Gasteiger partial charge in [-0.2, -0.15) is 0 Å². The molecule has 0 aliphatic carbocycles. The van der Waals surface area contributed by atoms with Gasteiger partial charge in [0.1, 0.15) is 17.3 Å². The number of esters is 1. The molecule has 114 valence electrons. The topological polar surface area (TPSA) is 78.7 Å². The van der Waals surface area contributed by atoms with Gasteiger partial charge in [-0.1, -0.05) is 17.7 Å². The molecule has 2 rings (SSSR count). The molecule has 2 aromatic rings. The molecule has 0 amide bonds. The molecule has 2 aromatic carbocycles. The highest BCUT2D eigenvalue weighted by molar-refractivity contribution is 6.32. The molecule has 0 saturated carbocycles. The Kier molecular flexibility index (Phi) is 4.90. The Labute approximate surface area is 129 Å². The molecular weight excluding hydrogens is 317 g/mol. The summed E-state index contributed by atoms with van der Waals surface area (Å²) in [4.78, 5) is 21.5. The van der Waals surface area contributed by atoms with Crippen LogP contribution in [0.2, 0.25) is 5.02 Å². The minimum atomic E-state index is -0.778. The molecule has 22 heavy (non-hydrogen) atoms. The molecule has 0 aliphatic heterocycles. The number of rotatable bonds is 5. The van der Waals surface area contributed by atoms with Crippen LogP contribution in [0.1, 0.15) is 0 Å². The normalized spacial score (nSPS) is 10.1. The first-order valence-electron chi connectivity index (χ1n) is 5.98. The number of ether oxygens (including phenoxy) is 2. The summed E-state index contributed by atoms with van der Waals surface area (Å²) >= 11 is 5.78. The lowest BCUT2D eigenvalue weighted by Crippen LogP contribution is -2.17. The third-order valence-electron chi connectivity index (χ3n) is 2.50. The van der Waals surface area contributed by atoms with Gasteiger partial charge in [0.2, 0.25) is 0 Å². The van der Waals surface area contributed by atoms with Gasteiger partial charge >= 0.3 is 5.97 Å². The molecule has 0 heterocycles. The first-order valence-corrected chi connectivity index (χ1v) is 6.36. The van der Waals surface area contributed by atoms with Crippen molar-refractivity contribution in [2.45, 2.75) is 0 Å². The van der Waals surface area contributed by atoms with Gasteiger partial charge in [0.15, 0.2) is 6.61 Å². The highest BCUT2D eigenvalue weighted by Crippen LogP contribution is 2.28. The molecule has 0 spiro atoms. The quantitative estimate of drug-likeness (QED) is 0.364. The van der Waals surface area contributed by atoms with Gasteiger partial charge in [-0.15, -0.1) is 0 Å². The molecular formula is C14H9ClFNO5. The van der Waals surface area contributed by atoms with Gasteiger partial charge < -0.3 is 9.47 Å². The Balaban J connectivity index is 1.96. The van der Waals surface area contributed by atoms with Crippen LogP contribution >= 0.6 is 11.6 Å². The van der Waals surface area contributed by atoms with Crippen molar-refractivity contribution in [2.75, 3.05) is 6.61 Å². The standard InChI is InChI=1S/C14H9ClFNO5/c15-12-7-10(17(19)20)4-5-13(12)22-14(18)8-21-11-3-1-2-9(16)6-11/h1-7H,8H2. The SMILES string of the molecule is O=C(COc1cccc(F)c1)Oc1ccc([N+](=O)[O-])cc1Cl. The Morgan fingerprint density at radius 2 is 2.05 bits per heavy atom. The molecule has 0 aliphatic rings. The fraction of sp³-hybridized carbons (Fsp3) is 0.0714. The maximum atomic E-state index is 12.9. The largest absolute Gasteiger partial charge is 0.482 e. The molecule has 0 aromatic heterocycles. The smallest absolute Gasteiger partial charge is 0.349 e. The van der Waals surface area contributed by atoms with E-state index in [9.17, 15) is 19.3 Å². The maximum Gasteiger partial charge on any atom is 0.349 e. The van der Waals surface area contributed by atoms with E-state index in [2.05, 4.69) is 0 Å². The van der Waals surface area contributed by atoms with Crippen molar-refractivity contribution in [3.8, 4) is 11.5 Å². The van der Waals surface area contributed by atoms with E-state index < -0.39 is 23.3 Å². The summed E-state index contributed by atoms with van der Waals surface area (Å²) in [5.41, 5.74) is -0.221. The van der Waals surface area contributed by atoms with E-state index in [1.165, 1.54) is 24.3 Å². The van der Waals surface area contributed by atoms with E-state index >= 15 is 0 Å². The fourth-order valence-corrected chi connectivity index (χ4v) is 1.75. The molecule has 8 heteroatoms. The summed E-state index contributed by atoms with van der Waals surface area (Å²) in [5.74, 6) is -1.13. The van der Waals surface area contributed by atoms with Gasteiger partial charge in [0.25, 0.3) is 5.69 Å². The van der Waals surface area contributed by atoms with Crippen LogP contribution in [0.15, 0.2) is 42.5 Å². The number of non-ortho nitro benzene ring substituents is 1. The van der Waals surface area contributed by atoms with Crippen LogP contribution in [-0.2, 0) is 4.79 Å². The van der Waals surface area contributed by atoms with E-state index in [1.54, 1.807) is 0 Å². The average Bonchev–Trinajstić information content (AvgIpc) is 2.47. The Bertz CT molecular complexity index is 722. The second-order valence-corrected chi connectivity index (χ2v) is 4.50. The molecule has 0 fully saturated rings. The number of hydrogen-bond donors (Lipinski definition) is 0. The van der Waals surface area contributed by atoms with Crippen molar-refractivity contribution in [3.63, 3.8) is 0 Å². The van der Waals surface area contributed by atoms with E-state index in [-0.39, 0.29) is 22.2 Å². The number of nitro benzene ring substituents is 1. The first-order chi connectivity index (χ1) is 10.5. The minimum absolute atomic E-state index is 0.0277. The van der Waals surface area contributed by atoms with Gasteiger partial charge in [-0.25, -0.2) is 9.18 Å². The van der Waals surface area contributed by atoms with Crippen LogP contribution < -0.4 is 9.47 Å². The zero-order valence-corrected chi connectivity index (χ0v) is 11.7. The molecule has 0 N–H and O–H groups in total.